The third-order valence-electron chi connectivity index (χ3n) is 1.84. The smallest absolute Gasteiger partial charge is 0.308 e. The number of carbonyl (C=O) groups is 1. The Morgan fingerprint density at radius 3 is 2.57 bits per heavy atom. The molecule has 1 aromatic rings. The fraction of sp³-hybridized carbons (Fsp3) is 0.300. The number of hydrogen-bond donors (Lipinski definition) is 1. The van der Waals surface area contributed by atoms with Gasteiger partial charge in [0.2, 0.25) is 0 Å². The van der Waals surface area contributed by atoms with E-state index in [1.54, 1.807) is 12.1 Å². The lowest BCUT2D eigenvalue weighted by atomic mass is 10.1. The number of ether oxygens (including phenoxy) is 1. The third kappa shape index (κ3) is 3.12. The largest absolute Gasteiger partial charge is 0.469 e. The molecule has 1 aromatic carbocycles. The highest BCUT2D eigenvalue weighted by molar-refractivity contribution is 9.10. The molecule has 76 valence electrons. The summed E-state index contributed by atoms with van der Waals surface area (Å²) in [7, 11) is 1.30. The van der Waals surface area contributed by atoms with Gasteiger partial charge in [-0.25, -0.2) is 0 Å². The molecule has 1 rings (SSSR count). The van der Waals surface area contributed by atoms with Gasteiger partial charge in [-0.2, -0.15) is 0 Å². The maximum Gasteiger partial charge on any atom is 0.308 e. The van der Waals surface area contributed by atoms with Crippen LogP contribution in [0.4, 0.5) is 0 Å². The number of esters is 1. The van der Waals surface area contributed by atoms with Crippen LogP contribution in [-0.4, -0.2) is 18.2 Å². The number of halogens is 1. The molecule has 3 nitrogen and oxygen atoms in total. The average Bonchev–Trinajstić information content (AvgIpc) is 2.18. The van der Waals surface area contributed by atoms with Crippen molar-refractivity contribution in [2.45, 2.75) is 12.5 Å². The Labute approximate surface area is 90.8 Å². The summed E-state index contributed by atoms with van der Waals surface area (Å²) in [5.41, 5.74) is 0.707. The molecule has 0 heterocycles. The maximum absolute atomic E-state index is 10.9. The molecule has 0 spiro atoms. The van der Waals surface area contributed by atoms with E-state index in [4.69, 9.17) is 0 Å². The van der Waals surface area contributed by atoms with Crippen LogP contribution in [0.2, 0.25) is 0 Å². The first-order chi connectivity index (χ1) is 6.63. The number of benzene rings is 1. The number of rotatable bonds is 3. The minimum absolute atomic E-state index is 0.0157. The Balaban J connectivity index is 2.65. The van der Waals surface area contributed by atoms with E-state index in [1.165, 1.54) is 7.11 Å². The molecule has 0 aliphatic carbocycles. The maximum atomic E-state index is 10.9. The first kappa shape index (κ1) is 11.2. The van der Waals surface area contributed by atoms with Crippen LogP contribution in [-0.2, 0) is 9.53 Å². The van der Waals surface area contributed by atoms with Gasteiger partial charge < -0.3 is 9.84 Å². The van der Waals surface area contributed by atoms with Crippen LogP contribution in [0.25, 0.3) is 0 Å². The van der Waals surface area contributed by atoms with Crippen molar-refractivity contribution in [3.05, 3.63) is 34.3 Å². The van der Waals surface area contributed by atoms with Gasteiger partial charge in [-0.3, -0.25) is 4.79 Å². The first-order valence-corrected chi connectivity index (χ1v) is 4.93. The predicted octanol–water partition coefficient (Wildman–Crippen LogP) is 2.05. The van der Waals surface area contributed by atoms with Gasteiger partial charge in [-0.05, 0) is 17.7 Å². The Morgan fingerprint density at radius 1 is 1.50 bits per heavy atom. The van der Waals surface area contributed by atoms with Gasteiger partial charge in [0.25, 0.3) is 0 Å². The van der Waals surface area contributed by atoms with Gasteiger partial charge in [-0.15, -0.1) is 0 Å². The zero-order valence-corrected chi connectivity index (χ0v) is 9.32. The fourth-order valence-corrected chi connectivity index (χ4v) is 1.31. The van der Waals surface area contributed by atoms with Crippen LogP contribution in [0.1, 0.15) is 18.1 Å². The monoisotopic (exact) mass is 258 g/mol. The quantitative estimate of drug-likeness (QED) is 0.845. The molecule has 0 aromatic heterocycles. The summed E-state index contributed by atoms with van der Waals surface area (Å²) in [6, 6.07) is 7.15. The minimum Gasteiger partial charge on any atom is -0.469 e. The predicted molar refractivity (Wildman–Crippen MR) is 55.7 cm³/mol. The van der Waals surface area contributed by atoms with Gasteiger partial charge in [0.1, 0.15) is 0 Å². The van der Waals surface area contributed by atoms with Gasteiger partial charge in [0.05, 0.1) is 19.6 Å². The summed E-state index contributed by atoms with van der Waals surface area (Å²) in [5.74, 6) is -0.416. The summed E-state index contributed by atoms with van der Waals surface area (Å²) in [5, 5.41) is 9.60. The van der Waals surface area contributed by atoms with Crippen molar-refractivity contribution in [3.8, 4) is 0 Å². The standard InChI is InChI=1S/C10H11BrO3/c1-14-10(13)6-9(12)7-2-4-8(11)5-3-7/h2-5,9,12H,6H2,1H3. The zero-order valence-electron chi connectivity index (χ0n) is 7.74. The molecule has 0 bridgehead atoms. The topological polar surface area (TPSA) is 46.5 Å². The lowest BCUT2D eigenvalue weighted by molar-refractivity contribution is -0.142. The molecule has 0 radical (unpaired) electrons. The number of carbonyl (C=O) groups excluding carboxylic acids is 1. The van der Waals surface area contributed by atoms with E-state index in [1.807, 2.05) is 12.1 Å². The lowest BCUT2D eigenvalue weighted by Gasteiger charge is -2.09. The first-order valence-electron chi connectivity index (χ1n) is 4.14. The van der Waals surface area contributed by atoms with Gasteiger partial charge in [-0.1, -0.05) is 28.1 Å². The van der Waals surface area contributed by atoms with Gasteiger partial charge >= 0.3 is 5.97 Å². The molecule has 0 aliphatic rings. The highest BCUT2D eigenvalue weighted by Crippen LogP contribution is 2.19. The van der Waals surface area contributed by atoms with E-state index >= 15 is 0 Å². The molecule has 1 unspecified atom stereocenters. The van der Waals surface area contributed by atoms with Crippen LogP contribution in [0, 0.1) is 0 Å². The molecule has 0 aliphatic heterocycles. The number of aliphatic hydroxyl groups is 1. The molecule has 0 saturated heterocycles. The van der Waals surface area contributed by atoms with Crippen LogP contribution in [0.3, 0.4) is 0 Å². The van der Waals surface area contributed by atoms with Gasteiger partial charge in [0, 0.05) is 4.47 Å². The molecule has 14 heavy (non-hydrogen) atoms. The van der Waals surface area contributed by atoms with E-state index in [0.29, 0.717) is 5.56 Å². The van der Waals surface area contributed by atoms with Crippen LogP contribution < -0.4 is 0 Å². The van der Waals surface area contributed by atoms with Crippen molar-refractivity contribution in [2.75, 3.05) is 7.11 Å². The van der Waals surface area contributed by atoms with Crippen molar-refractivity contribution in [1.82, 2.24) is 0 Å². The van der Waals surface area contributed by atoms with E-state index in [-0.39, 0.29) is 6.42 Å². The van der Waals surface area contributed by atoms with Crippen LogP contribution in [0.15, 0.2) is 28.7 Å². The van der Waals surface area contributed by atoms with E-state index < -0.39 is 12.1 Å². The summed E-state index contributed by atoms with van der Waals surface area (Å²) >= 11 is 3.29. The highest BCUT2D eigenvalue weighted by atomic mass is 79.9. The Kier molecular flexibility index (Phi) is 4.10. The fourth-order valence-electron chi connectivity index (χ4n) is 1.04. The van der Waals surface area contributed by atoms with E-state index in [9.17, 15) is 9.90 Å². The van der Waals surface area contributed by atoms with Crippen LogP contribution in [0.5, 0.6) is 0 Å². The molecular weight excluding hydrogens is 248 g/mol. The summed E-state index contributed by atoms with van der Waals surface area (Å²) in [4.78, 5) is 10.9. The van der Waals surface area contributed by atoms with Gasteiger partial charge in [0.15, 0.2) is 0 Å². The lowest BCUT2D eigenvalue weighted by Crippen LogP contribution is -2.07. The van der Waals surface area contributed by atoms with Crippen molar-refractivity contribution in [3.63, 3.8) is 0 Å². The van der Waals surface area contributed by atoms with Crippen molar-refractivity contribution in [1.29, 1.82) is 0 Å². The van der Waals surface area contributed by atoms with Crippen LogP contribution >= 0.6 is 15.9 Å². The molecule has 1 atom stereocenters. The molecule has 4 heteroatoms. The number of hydrogen-bond acceptors (Lipinski definition) is 3. The van der Waals surface area contributed by atoms with E-state index in [0.717, 1.165) is 4.47 Å². The summed E-state index contributed by atoms with van der Waals surface area (Å²) in [6.45, 7) is 0. The zero-order chi connectivity index (χ0) is 10.6. The SMILES string of the molecule is COC(=O)CC(O)c1ccc(Br)cc1. The Morgan fingerprint density at radius 2 is 2.07 bits per heavy atom. The molecule has 0 amide bonds. The molecule has 0 saturated carbocycles. The summed E-state index contributed by atoms with van der Waals surface area (Å²) in [6.07, 6.45) is -0.812. The Hall–Kier alpha value is -0.870. The molecular formula is C10H11BrO3. The number of aliphatic hydroxyl groups excluding tert-OH is 1. The molecule has 1 N–H and O–H groups in total. The normalized spacial score (nSPS) is 12.2. The third-order valence-corrected chi connectivity index (χ3v) is 2.37. The summed E-state index contributed by atoms with van der Waals surface area (Å²) < 4.78 is 5.39. The van der Waals surface area contributed by atoms with E-state index in [2.05, 4.69) is 20.7 Å². The second-order valence-corrected chi connectivity index (χ2v) is 3.76. The minimum atomic E-state index is -0.796. The van der Waals surface area contributed by atoms with Crippen molar-refractivity contribution < 1.29 is 14.6 Å². The molecule has 0 fully saturated rings. The highest BCUT2D eigenvalue weighted by Gasteiger charge is 2.12. The van der Waals surface area contributed by atoms with Crippen molar-refractivity contribution >= 4 is 21.9 Å². The second kappa shape index (κ2) is 5.12. The average molecular weight is 259 g/mol. The van der Waals surface area contributed by atoms with Crippen molar-refractivity contribution in [2.24, 2.45) is 0 Å². The second-order valence-electron chi connectivity index (χ2n) is 2.85. The Bertz CT molecular complexity index is 308. The number of methoxy groups -OCH3 is 1.